The van der Waals surface area contributed by atoms with Gasteiger partial charge < -0.3 is 18.0 Å². The van der Waals surface area contributed by atoms with Crippen LogP contribution < -0.4 is 0 Å². The molecule has 5 nitrogen and oxygen atoms in total. The van der Waals surface area contributed by atoms with Gasteiger partial charge in [-0.25, -0.2) is 4.79 Å². The van der Waals surface area contributed by atoms with Gasteiger partial charge in [0.1, 0.15) is 0 Å². The predicted octanol–water partition coefficient (Wildman–Crippen LogP) is 2.79. The average molecular weight is 304 g/mol. The van der Waals surface area contributed by atoms with E-state index in [0.29, 0.717) is 32.3 Å². The summed E-state index contributed by atoms with van der Waals surface area (Å²) in [4.78, 5) is 11.0. The van der Waals surface area contributed by atoms with Gasteiger partial charge >= 0.3 is 14.8 Å². The summed E-state index contributed by atoms with van der Waals surface area (Å²) in [5.41, 5.74) is 0.0448. The Hall–Kier alpha value is -0.693. The Morgan fingerprint density at radius 3 is 2.40 bits per heavy atom. The van der Waals surface area contributed by atoms with E-state index in [0.717, 1.165) is 6.08 Å². The van der Waals surface area contributed by atoms with Gasteiger partial charge in [0.25, 0.3) is 0 Å². The fourth-order valence-corrected chi connectivity index (χ4v) is 3.95. The van der Waals surface area contributed by atoms with Crippen molar-refractivity contribution < 1.29 is 22.8 Å². The van der Waals surface area contributed by atoms with Crippen molar-refractivity contribution in [1.82, 2.24) is 0 Å². The standard InChI is InChI=1S/C14H28O5Si/c1-7-13(15)17-10-9-11-20(16-6,18-8-2)19-12-14(3,4)5/h7H,1,8-12H2,2-6H3. The highest BCUT2D eigenvalue weighted by Crippen LogP contribution is 2.22. The number of carbonyl (C=O) groups excluding carboxylic acids is 1. The van der Waals surface area contributed by atoms with Crippen LogP contribution in [0.5, 0.6) is 0 Å². The molecule has 0 heterocycles. The Morgan fingerprint density at radius 2 is 1.95 bits per heavy atom. The highest BCUT2D eigenvalue weighted by Gasteiger charge is 2.40. The molecule has 0 aliphatic heterocycles. The number of rotatable bonds is 10. The molecule has 0 bridgehead atoms. The summed E-state index contributed by atoms with van der Waals surface area (Å²) in [7, 11) is -1.07. The fraction of sp³-hybridized carbons (Fsp3) is 0.786. The minimum atomic E-state index is -2.68. The lowest BCUT2D eigenvalue weighted by molar-refractivity contribution is -0.137. The Kier molecular flexibility index (Phi) is 8.96. The average Bonchev–Trinajstić information content (AvgIpc) is 2.39. The maximum absolute atomic E-state index is 11.0. The summed E-state index contributed by atoms with van der Waals surface area (Å²) in [6, 6.07) is 0.623. The lowest BCUT2D eigenvalue weighted by atomic mass is 9.99. The van der Waals surface area contributed by atoms with E-state index in [4.69, 9.17) is 18.0 Å². The molecule has 0 aromatic heterocycles. The molecule has 0 spiro atoms. The summed E-state index contributed by atoms with van der Waals surface area (Å²) in [6.45, 7) is 13.0. The van der Waals surface area contributed by atoms with Gasteiger partial charge in [-0.15, -0.1) is 0 Å². The maximum Gasteiger partial charge on any atom is 0.500 e. The molecule has 20 heavy (non-hydrogen) atoms. The third-order valence-corrected chi connectivity index (χ3v) is 5.34. The molecule has 0 radical (unpaired) electrons. The number of carbonyl (C=O) groups is 1. The molecule has 0 fully saturated rings. The first-order valence-electron chi connectivity index (χ1n) is 6.91. The molecule has 0 aliphatic rings. The van der Waals surface area contributed by atoms with Crippen molar-refractivity contribution in [2.45, 2.75) is 40.2 Å². The third-order valence-electron chi connectivity index (χ3n) is 2.44. The molecule has 118 valence electrons. The van der Waals surface area contributed by atoms with Crippen LogP contribution in [0.25, 0.3) is 0 Å². The van der Waals surface area contributed by atoms with Crippen LogP contribution in [0.2, 0.25) is 6.04 Å². The van der Waals surface area contributed by atoms with Crippen LogP contribution in [-0.4, -0.2) is 41.7 Å². The Morgan fingerprint density at radius 1 is 1.30 bits per heavy atom. The summed E-state index contributed by atoms with van der Waals surface area (Å²) in [5.74, 6) is -0.415. The predicted molar refractivity (Wildman–Crippen MR) is 80.4 cm³/mol. The van der Waals surface area contributed by atoms with Crippen LogP contribution in [0.1, 0.15) is 34.1 Å². The Balaban J connectivity index is 4.38. The molecule has 0 aliphatic carbocycles. The summed E-state index contributed by atoms with van der Waals surface area (Å²) in [5, 5.41) is 0. The second-order valence-corrected chi connectivity index (χ2v) is 8.50. The van der Waals surface area contributed by atoms with Gasteiger partial charge in [0.2, 0.25) is 0 Å². The highest BCUT2D eigenvalue weighted by atomic mass is 28.4. The van der Waals surface area contributed by atoms with Crippen LogP contribution in [0, 0.1) is 5.41 Å². The second-order valence-electron chi connectivity index (χ2n) is 5.64. The van der Waals surface area contributed by atoms with Crippen molar-refractivity contribution in [2.75, 3.05) is 26.9 Å². The van der Waals surface area contributed by atoms with Gasteiger partial charge in [-0.2, -0.15) is 0 Å². The summed E-state index contributed by atoms with van der Waals surface area (Å²) in [6.07, 6.45) is 1.80. The number of hydrogen-bond donors (Lipinski definition) is 0. The van der Waals surface area contributed by atoms with E-state index in [9.17, 15) is 4.79 Å². The van der Waals surface area contributed by atoms with Gasteiger partial charge in [-0.1, -0.05) is 27.4 Å². The zero-order chi connectivity index (χ0) is 15.6. The third kappa shape index (κ3) is 8.47. The van der Waals surface area contributed by atoms with E-state index in [1.807, 2.05) is 6.92 Å². The zero-order valence-electron chi connectivity index (χ0n) is 13.4. The SMILES string of the molecule is C=CC(=O)OCCC[Si](OC)(OCC)OCC(C)(C)C. The molecule has 0 aromatic rings. The van der Waals surface area contributed by atoms with Gasteiger partial charge in [-0.3, -0.25) is 0 Å². The lowest BCUT2D eigenvalue weighted by Crippen LogP contribution is -2.46. The van der Waals surface area contributed by atoms with Gasteiger partial charge in [-0.05, 0) is 18.8 Å². The van der Waals surface area contributed by atoms with Crippen LogP contribution in [0.4, 0.5) is 0 Å². The first-order valence-corrected chi connectivity index (χ1v) is 8.84. The normalized spacial score (nSPS) is 14.7. The van der Waals surface area contributed by atoms with Gasteiger partial charge in [0, 0.05) is 32.4 Å². The van der Waals surface area contributed by atoms with Crippen LogP contribution in [0.15, 0.2) is 12.7 Å². The quantitative estimate of drug-likeness (QED) is 0.269. The lowest BCUT2D eigenvalue weighted by Gasteiger charge is -2.31. The monoisotopic (exact) mass is 304 g/mol. The molecular formula is C14H28O5Si. The molecule has 0 rings (SSSR count). The van der Waals surface area contributed by atoms with Crippen molar-refractivity contribution in [3.05, 3.63) is 12.7 Å². The first kappa shape index (κ1) is 19.3. The van der Waals surface area contributed by atoms with Gasteiger partial charge in [0.15, 0.2) is 0 Å². The minimum absolute atomic E-state index is 0.0448. The number of hydrogen-bond acceptors (Lipinski definition) is 5. The second kappa shape index (κ2) is 9.28. The molecule has 6 heteroatoms. The minimum Gasteiger partial charge on any atom is -0.463 e. The van der Waals surface area contributed by atoms with E-state index in [1.165, 1.54) is 0 Å². The molecule has 0 saturated carbocycles. The van der Waals surface area contributed by atoms with E-state index in [2.05, 4.69) is 27.4 Å². The zero-order valence-corrected chi connectivity index (χ0v) is 14.4. The largest absolute Gasteiger partial charge is 0.500 e. The fourth-order valence-electron chi connectivity index (χ4n) is 1.47. The van der Waals surface area contributed by atoms with Crippen LogP contribution in [-0.2, 0) is 22.8 Å². The van der Waals surface area contributed by atoms with E-state index in [1.54, 1.807) is 7.11 Å². The van der Waals surface area contributed by atoms with Crippen molar-refractivity contribution in [3.8, 4) is 0 Å². The maximum atomic E-state index is 11.0. The molecule has 0 aromatic carbocycles. The molecule has 1 unspecified atom stereocenters. The Labute approximate surface area is 123 Å². The topological polar surface area (TPSA) is 54.0 Å². The van der Waals surface area contributed by atoms with E-state index in [-0.39, 0.29) is 5.41 Å². The summed E-state index contributed by atoms with van der Waals surface area (Å²) >= 11 is 0. The summed E-state index contributed by atoms with van der Waals surface area (Å²) < 4.78 is 22.2. The molecule has 1 atom stereocenters. The first-order chi connectivity index (χ1) is 9.28. The van der Waals surface area contributed by atoms with Crippen LogP contribution in [0.3, 0.4) is 0 Å². The molecule has 0 N–H and O–H groups in total. The van der Waals surface area contributed by atoms with E-state index >= 15 is 0 Å². The van der Waals surface area contributed by atoms with Gasteiger partial charge in [0.05, 0.1) is 6.61 Å². The number of esters is 1. The van der Waals surface area contributed by atoms with Crippen LogP contribution >= 0.6 is 0 Å². The smallest absolute Gasteiger partial charge is 0.463 e. The van der Waals surface area contributed by atoms with Crippen molar-refractivity contribution in [1.29, 1.82) is 0 Å². The van der Waals surface area contributed by atoms with Crippen molar-refractivity contribution in [3.63, 3.8) is 0 Å². The van der Waals surface area contributed by atoms with Crippen molar-refractivity contribution in [2.24, 2.45) is 5.41 Å². The highest BCUT2D eigenvalue weighted by molar-refractivity contribution is 6.60. The van der Waals surface area contributed by atoms with Crippen molar-refractivity contribution >= 4 is 14.8 Å². The number of ether oxygens (including phenoxy) is 1. The molecule has 0 amide bonds. The molecule has 0 saturated heterocycles. The van der Waals surface area contributed by atoms with E-state index < -0.39 is 14.8 Å². The molecular weight excluding hydrogens is 276 g/mol. The Bertz CT molecular complexity index is 300.